The second-order valence-electron chi connectivity index (χ2n) is 6.46. The Balaban J connectivity index is 2.50. The van der Waals surface area contributed by atoms with Crippen LogP contribution in [0, 0.1) is 0 Å². The summed E-state index contributed by atoms with van der Waals surface area (Å²) in [5, 5.41) is 3.48. The van der Waals surface area contributed by atoms with E-state index in [1.54, 1.807) is 0 Å². The molecule has 1 aromatic heterocycles. The van der Waals surface area contributed by atoms with Gasteiger partial charge in [0.25, 0.3) is 0 Å². The van der Waals surface area contributed by atoms with Crippen molar-refractivity contribution in [2.24, 2.45) is 0 Å². The van der Waals surface area contributed by atoms with Crippen molar-refractivity contribution in [1.82, 2.24) is 10.2 Å². The quantitative estimate of drug-likeness (QED) is 0.791. The standard InChI is InChI=1S/C16H30N2OS/c1-7-14(12-20-6)18(5)10-15-8-13(11-19-15)9-17-16(2,3)4/h8,11,14,17H,7,9-10,12H2,1-6H3. The van der Waals surface area contributed by atoms with E-state index in [0.717, 1.165) is 18.8 Å². The van der Waals surface area contributed by atoms with Gasteiger partial charge in [-0.3, -0.25) is 4.90 Å². The lowest BCUT2D eigenvalue weighted by molar-refractivity contribution is 0.228. The van der Waals surface area contributed by atoms with Crippen LogP contribution < -0.4 is 5.32 Å². The first-order valence-electron chi connectivity index (χ1n) is 7.36. The zero-order chi connectivity index (χ0) is 15.2. The van der Waals surface area contributed by atoms with E-state index in [2.05, 4.69) is 57.3 Å². The SMILES string of the molecule is CCC(CSC)N(C)Cc1cc(CNC(C)(C)C)co1. The molecule has 0 aliphatic rings. The van der Waals surface area contributed by atoms with Crippen molar-refractivity contribution in [2.45, 2.75) is 58.8 Å². The highest BCUT2D eigenvalue weighted by Gasteiger charge is 2.15. The topological polar surface area (TPSA) is 28.4 Å². The Morgan fingerprint density at radius 1 is 1.40 bits per heavy atom. The van der Waals surface area contributed by atoms with Gasteiger partial charge in [-0.05, 0) is 46.6 Å². The van der Waals surface area contributed by atoms with Gasteiger partial charge >= 0.3 is 0 Å². The van der Waals surface area contributed by atoms with E-state index in [0.29, 0.717) is 6.04 Å². The normalized spacial score (nSPS) is 13.9. The van der Waals surface area contributed by atoms with Gasteiger partial charge in [0.15, 0.2) is 0 Å². The minimum absolute atomic E-state index is 0.139. The third-order valence-electron chi connectivity index (χ3n) is 3.39. The van der Waals surface area contributed by atoms with Gasteiger partial charge in [0.2, 0.25) is 0 Å². The maximum atomic E-state index is 5.68. The Kier molecular flexibility index (Phi) is 7.13. The average molecular weight is 298 g/mol. The fourth-order valence-electron chi connectivity index (χ4n) is 2.09. The summed E-state index contributed by atoms with van der Waals surface area (Å²) in [4.78, 5) is 2.39. The molecule has 1 aromatic rings. The van der Waals surface area contributed by atoms with Gasteiger partial charge in [-0.25, -0.2) is 0 Å². The van der Waals surface area contributed by atoms with Gasteiger partial charge in [0.05, 0.1) is 12.8 Å². The Morgan fingerprint density at radius 3 is 2.65 bits per heavy atom. The summed E-state index contributed by atoms with van der Waals surface area (Å²) in [6, 6.07) is 2.78. The second kappa shape index (κ2) is 8.11. The molecule has 4 heteroatoms. The number of rotatable bonds is 8. The number of furan rings is 1. The van der Waals surface area contributed by atoms with E-state index in [1.165, 1.54) is 17.7 Å². The van der Waals surface area contributed by atoms with Crippen molar-refractivity contribution in [2.75, 3.05) is 19.1 Å². The molecule has 0 saturated heterocycles. The number of hydrogen-bond donors (Lipinski definition) is 1. The molecule has 116 valence electrons. The Labute approximate surface area is 128 Å². The van der Waals surface area contributed by atoms with Crippen molar-refractivity contribution in [3.8, 4) is 0 Å². The highest BCUT2D eigenvalue weighted by Crippen LogP contribution is 2.15. The number of hydrogen-bond acceptors (Lipinski definition) is 4. The molecule has 0 amide bonds. The smallest absolute Gasteiger partial charge is 0.118 e. The van der Waals surface area contributed by atoms with Crippen LogP contribution in [-0.4, -0.2) is 35.5 Å². The van der Waals surface area contributed by atoms with Crippen molar-refractivity contribution in [3.63, 3.8) is 0 Å². The van der Waals surface area contributed by atoms with Crippen LogP contribution in [0.25, 0.3) is 0 Å². The van der Waals surface area contributed by atoms with E-state index in [9.17, 15) is 0 Å². The summed E-state index contributed by atoms with van der Waals surface area (Å²) < 4.78 is 5.68. The highest BCUT2D eigenvalue weighted by molar-refractivity contribution is 7.98. The molecule has 3 nitrogen and oxygen atoms in total. The van der Waals surface area contributed by atoms with E-state index in [1.807, 2.05) is 18.0 Å². The molecule has 0 aliphatic carbocycles. The van der Waals surface area contributed by atoms with Crippen molar-refractivity contribution < 1.29 is 4.42 Å². The Hall–Kier alpha value is -0.450. The molecule has 0 bridgehead atoms. The molecule has 1 unspecified atom stereocenters. The van der Waals surface area contributed by atoms with Crippen molar-refractivity contribution in [3.05, 3.63) is 23.7 Å². The number of nitrogens with zero attached hydrogens (tertiary/aromatic N) is 1. The molecule has 0 saturated carbocycles. The number of nitrogens with one attached hydrogen (secondary N) is 1. The number of thioether (sulfide) groups is 1. The summed E-state index contributed by atoms with van der Waals surface area (Å²) in [5.74, 6) is 2.23. The third-order valence-corrected chi connectivity index (χ3v) is 4.11. The molecule has 0 fully saturated rings. The maximum absolute atomic E-state index is 5.68. The van der Waals surface area contributed by atoms with Gasteiger partial charge in [0.1, 0.15) is 5.76 Å². The molecule has 20 heavy (non-hydrogen) atoms. The van der Waals surface area contributed by atoms with Gasteiger partial charge in [0, 0.05) is 29.4 Å². The van der Waals surface area contributed by atoms with E-state index in [4.69, 9.17) is 4.42 Å². The first-order chi connectivity index (χ1) is 9.35. The molecular weight excluding hydrogens is 268 g/mol. The van der Waals surface area contributed by atoms with Crippen LogP contribution in [0.3, 0.4) is 0 Å². The molecule has 1 atom stereocenters. The lowest BCUT2D eigenvalue weighted by atomic mass is 10.1. The molecular formula is C16H30N2OS. The molecule has 1 N–H and O–H groups in total. The lowest BCUT2D eigenvalue weighted by Crippen LogP contribution is -2.34. The summed E-state index contributed by atoms with van der Waals surface area (Å²) in [6.07, 6.45) is 5.22. The Morgan fingerprint density at radius 2 is 2.10 bits per heavy atom. The third kappa shape index (κ3) is 6.33. The predicted octanol–water partition coefficient (Wildman–Crippen LogP) is 3.74. The second-order valence-corrected chi connectivity index (χ2v) is 7.37. The minimum atomic E-state index is 0.139. The molecule has 0 aliphatic heterocycles. The first kappa shape index (κ1) is 17.6. The molecule has 1 rings (SSSR count). The van der Waals surface area contributed by atoms with Crippen LogP contribution in [0.15, 0.2) is 16.7 Å². The Bertz CT molecular complexity index is 384. The zero-order valence-electron chi connectivity index (χ0n) is 13.8. The van der Waals surface area contributed by atoms with Crippen LogP contribution in [0.5, 0.6) is 0 Å². The van der Waals surface area contributed by atoms with Crippen molar-refractivity contribution in [1.29, 1.82) is 0 Å². The summed E-state index contributed by atoms with van der Waals surface area (Å²) in [5.41, 5.74) is 1.36. The van der Waals surface area contributed by atoms with Crippen LogP contribution in [-0.2, 0) is 13.1 Å². The predicted molar refractivity (Wildman–Crippen MR) is 89.2 cm³/mol. The summed E-state index contributed by atoms with van der Waals surface area (Å²) in [6.45, 7) is 10.5. The summed E-state index contributed by atoms with van der Waals surface area (Å²) in [7, 11) is 2.18. The van der Waals surface area contributed by atoms with Crippen LogP contribution in [0.4, 0.5) is 0 Å². The van der Waals surface area contributed by atoms with Gasteiger partial charge in [-0.2, -0.15) is 11.8 Å². The van der Waals surface area contributed by atoms with E-state index in [-0.39, 0.29) is 5.54 Å². The van der Waals surface area contributed by atoms with Crippen LogP contribution >= 0.6 is 11.8 Å². The maximum Gasteiger partial charge on any atom is 0.118 e. The molecule has 1 heterocycles. The van der Waals surface area contributed by atoms with Crippen LogP contribution in [0.1, 0.15) is 45.4 Å². The average Bonchev–Trinajstić information content (AvgIpc) is 2.80. The first-order valence-corrected chi connectivity index (χ1v) is 8.75. The van der Waals surface area contributed by atoms with E-state index >= 15 is 0 Å². The van der Waals surface area contributed by atoms with E-state index < -0.39 is 0 Å². The van der Waals surface area contributed by atoms with Gasteiger partial charge in [-0.15, -0.1) is 0 Å². The minimum Gasteiger partial charge on any atom is -0.468 e. The fourth-order valence-corrected chi connectivity index (χ4v) is 2.97. The van der Waals surface area contributed by atoms with Gasteiger partial charge < -0.3 is 9.73 Å². The largest absolute Gasteiger partial charge is 0.468 e. The van der Waals surface area contributed by atoms with Crippen molar-refractivity contribution >= 4 is 11.8 Å². The molecule has 0 radical (unpaired) electrons. The zero-order valence-corrected chi connectivity index (χ0v) is 14.6. The fraction of sp³-hybridized carbons (Fsp3) is 0.750. The molecule has 0 aromatic carbocycles. The lowest BCUT2D eigenvalue weighted by Gasteiger charge is -2.25. The van der Waals surface area contributed by atoms with Crippen LogP contribution in [0.2, 0.25) is 0 Å². The monoisotopic (exact) mass is 298 g/mol. The van der Waals surface area contributed by atoms with Gasteiger partial charge in [-0.1, -0.05) is 6.92 Å². The highest BCUT2D eigenvalue weighted by atomic mass is 32.2. The molecule has 0 spiro atoms. The summed E-state index contributed by atoms with van der Waals surface area (Å²) >= 11 is 1.91.